The third-order valence-electron chi connectivity index (χ3n) is 1.92. The van der Waals surface area contributed by atoms with E-state index in [-0.39, 0.29) is 11.8 Å². The van der Waals surface area contributed by atoms with Crippen molar-refractivity contribution >= 4 is 5.78 Å². The molecule has 0 aliphatic heterocycles. The summed E-state index contributed by atoms with van der Waals surface area (Å²) in [6, 6.07) is -0.0741. The summed E-state index contributed by atoms with van der Waals surface area (Å²) >= 11 is 0. The van der Waals surface area contributed by atoms with Gasteiger partial charge in [0.05, 0.1) is 0 Å². The predicted molar refractivity (Wildman–Crippen MR) is 41.0 cm³/mol. The minimum atomic E-state index is -0.0741. The van der Waals surface area contributed by atoms with Crippen LogP contribution >= 0.6 is 0 Å². The van der Waals surface area contributed by atoms with Gasteiger partial charge < -0.3 is 0 Å². The molecule has 0 saturated heterocycles. The van der Waals surface area contributed by atoms with Crippen molar-refractivity contribution in [3.63, 3.8) is 0 Å². The fourth-order valence-electron chi connectivity index (χ4n) is 1.34. The highest BCUT2D eigenvalue weighted by atomic mass is 16.1. The van der Waals surface area contributed by atoms with Gasteiger partial charge in [0.2, 0.25) is 0 Å². The number of hydrogen-bond acceptors (Lipinski definition) is 2. The molecule has 0 amide bonds. The van der Waals surface area contributed by atoms with Gasteiger partial charge in [0.15, 0.2) is 0 Å². The summed E-state index contributed by atoms with van der Waals surface area (Å²) in [5.41, 5.74) is 8.14. The smallest absolute Gasteiger partial charge is 0.133 e. The Hall–Kier alpha value is -1.02. The molecule has 11 heavy (non-hydrogen) atoms. The largest absolute Gasteiger partial charge is 0.300 e. The Morgan fingerprint density at radius 2 is 2.36 bits per heavy atom. The number of carbonyl (C=O) groups excluding carboxylic acids is 1. The summed E-state index contributed by atoms with van der Waals surface area (Å²) in [7, 11) is 0. The maximum atomic E-state index is 11.0. The highest BCUT2D eigenvalue weighted by molar-refractivity contribution is 5.79. The van der Waals surface area contributed by atoms with Gasteiger partial charge in [-0.05, 0) is 18.4 Å². The third kappa shape index (κ3) is 2.60. The lowest BCUT2D eigenvalue weighted by Gasteiger charge is -2.02. The predicted octanol–water partition coefficient (Wildman–Crippen LogP) is 2.20. The van der Waals surface area contributed by atoms with Gasteiger partial charge in [-0.3, -0.25) is 4.79 Å². The molecule has 0 aromatic rings. The molecule has 4 nitrogen and oxygen atoms in total. The molecule has 1 saturated carbocycles. The Bertz CT molecular complexity index is 196. The van der Waals surface area contributed by atoms with Gasteiger partial charge in [-0.15, -0.1) is 0 Å². The van der Waals surface area contributed by atoms with Gasteiger partial charge in [0.1, 0.15) is 5.78 Å². The monoisotopic (exact) mass is 153 g/mol. The summed E-state index contributed by atoms with van der Waals surface area (Å²) in [6.45, 7) is 0. The standard InChI is InChI=1S/C7H11N3O/c8-10-9-6-3-1-2-4-7(11)5-6/h6H,1-5H2. The van der Waals surface area contributed by atoms with E-state index in [1.54, 1.807) is 0 Å². The van der Waals surface area contributed by atoms with Crippen LogP contribution in [0.2, 0.25) is 0 Å². The number of azide groups is 1. The molecule has 1 aliphatic carbocycles. The van der Waals surface area contributed by atoms with E-state index in [1.165, 1.54) is 0 Å². The van der Waals surface area contributed by atoms with Crippen LogP contribution in [0.25, 0.3) is 10.4 Å². The zero-order valence-electron chi connectivity index (χ0n) is 6.36. The van der Waals surface area contributed by atoms with E-state index in [0.29, 0.717) is 12.8 Å². The van der Waals surface area contributed by atoms with Crippen molar-refractivity contribution in [3.8, 4) is 0 Å². The van der Waals surface area contributed by atoms with E-state index < -0.39 is 0 Å². The molecule has 1 aliphatic rings. The average molecular weight is 153 g/mol. The minimum absolute atomic E-state index is 0.0741. The van der Waals surface area contributed by atoms with Crippen LogP contribution in [0.15, 0.2) is 5.11 Å². The molecule has 0 aromatic carbocycles. The van der Waals surface area contributed by atoms with E-state index in [9.17, 15) is 4.79 Å². The van der Waals surface area contributed by atoms with Gasteiger partial charge in [0, 0.05) is 23.8 Å². The van der Waals surface area contributed by atoms with Crippen molar-refractivity contribution in [2.75, 3.05) is 0 Å². The molecular formula is C7H11N3O. The van der Waals surface area contributed by atoms with E-state index >= 15 is 0 Å². The molecule has 0 spiro atoms. The van der Waals surface area contributed by atoms with Crippen molar-refractivity contribution in [2.24, 2.45) is 5.11 Å². The number of hydrogen-bond donors (Lipinski definition) is 0. The number of rotatable bonds is 1. The van der Waals surface area contributed by atoms with Crippen LogP contribution < -0.4 is 0 Å². The van der Waals surface area contributed by atoms with Crippen LogP contribution in [0.1, 0.15) is 32.1 Å². The fraction of sp³-hybridized carbons (Fsp3) is 0.857. The van der Waals surface area contributed by atoms with Crippen molar-refractivity contribution in [3.05, 3.63) is 10.4 Å². The number of nitrogens with zero attached hydrogens (tertiary/aromatic N) is 3. The molecule has 0 bridgehead atoms. The highest BCUT2D eigenvalue weighted by Gasteiger charge is 2.15. The molecule has 0 N–H and O–H groups in total. The van der Waals surface area contributed by atoms with Gasteiger partial charge in [-0.1, -0.05) is 11.5 Å². The van der Waals surface area contributed by atoms with E-state index in [0.717, 1.165) is 19.3 Å². The first-order chi connectivity index (χ1) is 5.33. The molecule has 0 aromatic heterocycles. The van der Waals surface area contributed by atoms with Crippen LogP contribution in [0.5, 0.6) is 0 Å². The number of Topliss-reactive ketones (excluding diaryl/α,β-unsaturated/α-hetero) is 1. The first kappa shape index (κ1) is 8.08. The van der Waals surface area contributed by atoms with Crippen LogP contribution in [0.3, 0.4) is 0 Å². The average Bonchev–Trinajstić information content (AvgIpc) is 2.15. The van der Waals surface area contributed by atoms with Crippen molar-refractivity contribution in [1.29, 1.82) is 0 Å². The summed E-state index contributed by atoms with van der Waals surface area (Å²) in [5.74, 6) is 0.236. The zero-order chi connectivity index (χ0) is 8.10. The van der Waals surface area contributed by atoms with Crippen molar-refractivity contribution in [1.82, 2.24) is 0 Å². The van der Waals surface area contributed by atoms with Crippen LogP contribution in [-0.2, 0) is 4.79 Å². The van der Waals surface area contributed by atoms with E-state index in [2.05, 4.69) is 10.0 Å². The molecule has 1 rings (SSSR count). The molecule has 0 radical (unpaired) electrons. The lowest BCUT2D eigenvalue weighted by molar-refractivity contribution is -0.119. The normalized spacial score (nSPS) is 25.5. The van der Waals surface area contributed by atoms with Crippen molar-refractivity contribution in [2.45, 2.75) is 38.1 Å². The lowest BCUT2D eigenvalue weighted by Crippen LogP contribution is -2.06. The van der Waals surface area contributed by atoms with E-state index in [4.69, 9.17) is 5.53 Å². The van der Waals surface area contributed by atoms with Gasteiger partial charge in [-0.2, -0.15) is 0 Å². The number of ketones is 1. The molecule has 1 atom stereocenters. The summed E-state index contributed by atoms with van der Waals surface area (Å²) in [4.78, 5) is 13.7. The molecule has 4 heteroatoms. The Balaban J connectivity index is 2.51. The van der Waals surface area contributed by atoms with Gasteiger partial charge in [0.25, 0.3) is 0 Å². The molecular weight excluding hydrogens is 142 g/mol. The molecule has 0 heterocycles. The maximum absolute atomic E-state index is 11.0. The third-order valence-corrected chi connectivity index (χ3v) is 1.92. The van der Waals surface area contributed by atoms with E-state index in [1.807, 2.05) is 0 Å². The SMILES string of the molecule is [N-]=[N+]=NC1CCCCC(=O)C1. The summed E-state index contributed by atoms with van der Waals surface area (Å²) in [5, 5.41) is 3.55. The van der Waals surface area contributed by atoms with Crippen molar-refractivity contribution < 1.29 is 4.79 Å². The second kappa shape index (κ2) is 3.98. The molecule has 1 unspecified atom stereocenters. The Labute approximate surface area is 65.2 Å². The highest BCUT2D eigenvalue weighted by Crippen LogP contribution is 2.17. The molecule has 1 fully saturated rings. The van der Waals surface area contributed by atoms with Crippen LogP contribution in [0.4, 0.5) is 0 Å². The Morgan fingerprint density at radius 3 is 3.09 bits per heavy atom. The Kier molecular flexibility index (Phi) is 2.93. The zero-order valence-corrected chi connectivity index (χ0v) is 6.36. The topological polar surface area (TPSA) is 65.8 Å². The second-order valence-corrected chi connectivity index (χ2v) is 2.85. The molecule has 60 valence electrons. The van der Waals surface area contributed by atoms with Gasteiger partial charge >= 0.3 is 0 Å². The summed E-state index contributed by atoms with van der Waals surface area (Å²) in [6.07, 6.45) is 3.95. The van der Waals surface area contributed by atoms with Crippen LogP contribution in [-0.4, -0.2) is 11.8 Å². The van der Waals surface area contributed by atoms with Crippen LogP contribution in [0, 0.1) is 0 Å². The first-order valence-corrected chi connectivity index (χ1v) is 3.89. The second-order valence-electron chi connectivity index (χ2n) is 2.85. The number of carbonyl (C=O) groups is 1. The maximum Gasteiger partial charge on any atom is 0.133 e. The summed E-state index contributed by atoms with van der Waals surface area (Å²) < 4.78 is 0. The van der Waals surface area contributed by atoms with Gasteiger partial charge in [-0.25, -0.2) is 0 Å². The fourth-order valence-corrected chi connectivity index (χ4v) is 1.34. The lowest BCUT2D eigenvalue weighted by atomic mass is 10.1. The minimum Gasteiger partial charge on any atom is -0.300 e. The Morgan fingerprint density at radius 1 is 1.55 bits per heavy atom. The quantitative estimate of drug-likeness (QED) is 0.246. The first-order valence-electron chi connectivity index (χ1n) is 3.89.